The van der Waals surface area contributed by atoms with Gasteiger partial charge in [0, 0.05) is 18.3 Å². The molecule has 0 bridgehead atoms. The molecule has 4 N–H and O–H groups in total. The normalized spacial score (nSPS) is 23.1. The lowest BCUT2D eigenvalue weighted by atomic mass is 10.1. The maximum Gasteiger partial charge on any atom is 0.242 e. The van der Waals surface area contributed by atoms with Crippen LogP contribution in [0.1, 0.15) is 24.8 Å². The summed E-state index contributed by atoms with van der Waals surface area (Å²) >= 11 is 6.02. The molecule has 0 aliphatic heterocycles. The summed E-state index contributed by atoms with van der Waals surface area (Å²) in [5.74, 6) is -0.0358. The van der Waals surface area contributed by atoms with Gasteiger partial charge in [0.1, 0.15) is 4.90 Å². The zero-order valence-electron chi connectivity index (χ0n) is 11.3. The third-order valence-corrected chi connectivity index (χ3v) is 5.76. The van der Waals surface area contributed by atoms with Crippen LogP contribution in [-0.4, -0.2) is 26.2 Å². The van der Waals surface area contributed by atoms with E-state index >= 15 is 0 Å². The van der Waals surface area contributed by atoms with Gasteiger partial charge < -0.3 is 10.8 Å². The first-order valence-corrected chi connectivity index (χ1v) is 8.40. The number of benzene rings is 1. The molecule has 20 heavy (non-hydrogen) atoms. The Balaban J connectivity index is 2.29. The Bertz CT molecular complexity index is 604. The van der Waals surface area contributed by atoms with Crippen molar-refractivity contribution in [2.75, 3.05) is 12.3 Å². The van der Waals surface area contributed by atoms with Crippen molar-refractivity contribution in [2.45, 2.75) is 37.1 Å². The molecule has 1 aromatic rings. The molecule has 0 saturated heterocycles. The van der Waals surface area contributed by atoms with Crippen molar-refractivity contribution >= 4 is 27.3 Å². The van der Waals surface area contributed by atoms with Gasteiger partial charge in [0.25, 0.3) is 0 Å². The van der Waals surface area contributed by atoms with Crippen LogP contribution in [0.4, 0.5) is 5.69 Å². The van der Waals surface area contributed by atoms with Gasteiger partial charge in [-0.15, -0.1) is 0 Å². The fourth-order valence-electron chi connectivity index (χ4n) is 2.55. The lowest BCUT2D eigenvalue weighted by Crippen LogP contribution is -2.38. The third kappa shape index (κ3) is 3.09. The first-order valence-electron chi connectivity index (χ1n) is 6.54. The lowest BCUT2D eigenvalue weighted by Gasteiger charge is -2.19. The highest BCUT2D eigenvalue weighted by Crippen LogP contribution is 2.30. The molecule has 1 aromatic carbocycles. The number of sulfonamides is 1. The molecule has 7 heteroatoms. The standard InChI is InChI=1S/C13H19ClN2O3S/c1-8-5-10(14)13(6-11(8)15)20(18,19)16-12-4-2-3-9(12)7-17/h5-6,9,12,16-17H,2-4,7,15H2,1H3. The average Bonchev–Trinajstić information content (AvgIpc) is 2.80. The van der Waals surface area contributed by atoms with Crippen LogP contribution < -0.4 is 10.5 Å². The number of aryl methyl sites for hydroxylation is 1. The largest absolute Gasteiger partial charge is 0.398 e. The van der Waals surface area contributed by atoms with Crippen LogP contribution in [0.25, 0.3) is 0 Å². The monoisotopic (exact) mass is 318 g/mol. The summed E-state index contributed by atoms with van der Waals surface area (Å²) in [5, 5.41) is 9.41. The zero-order chi connectivity index (χ0) is 14.9. The molecule has 2 unspecified atom stereocenters. The van der Waals surface area contributed by atoms with Gasteiger partial charge in [-0.3, -0.25) is 0 Å². The van der Waals surface area contributed by atoms with Gasteiger partial charge in [-0.25, -0.2) is 13.1 Å². The Kier molecular flexibility index (Phi) is 4.59. The first-order chi connectivity index (χ1) is 9.35. The average molecular weight is 319 g/mol. The van der Waals surface area contributed by atoms with E-state index in [0.717, 1.165) is 24.8 Å². The Labute approximate surface area is 124 Å². The molecule has 5 nitrogen and oxygen atoms in total. The molecule has 1 fully saturated rings. The van der Waals surface area contributed by atoms with E-state index in [1.54, 1.807) is 13.0 Å². The SMILES string of the molecule is Cc1cc(Cl)c(S(=O)(=O)NC2CCCC2CO)cc1N. The second-order valence-electron chi connectivity index (χ2n) is 5.24. The van der Waals surface area contributed by atoms with Gasteiger partial charge in [0.05, 0.1) is 5.02 Å². The third-order valence-electron chi connectivity index (χ3n) is 3.81. The predicted octanol–water partition coefficient (Wildman–Crippen LogP) is 1.67. The number of halogens is 1. The molecule has 0 spiro atoms. The quantitative estimate of drug-likeness (QED) is 0.736. The Hall–Kier alpha value is -0.820. The minimum Gasteiger partial charge on any atom is -0.398 e. The molecule has 112 valence electrons. The second-order valence-corrected chi connectivity index (χ2v) is 7.33. The van der Waals surface area contributed by atoms with Crippen LogP contribution in [0, 0.1) is 12.8 Å². The van der Waals surface area contributed by atoms with Crippen molar-refractivity contribution in [3.8, 4) is 0 Å². The molecule has 0 radical (unpaired) electrons. The van der Waals surface area contributed by atoms with E-state index in [1.165, 1.54) is 6.07 Å². The number of nitrogens with one attached hydrogen (secondary N) is 1. The molecular formula is C13H19ClN2O3S. The van der Waals surface area contributed by atoms with Gasteiger partial charge in [0.2, 0.25) is 10.0 Å². The Morgan fingerprint density at radius 1 is 1.45 bits per heavy atom. The van der Waals surface area contributed by atoms with Gasteiger partial charge in [-0.2, -0.15) is 0 Å². The number of aliphatic hydroxyl groups excluding tert-OH is 1. The van der Waals surface area contributed by atoms with Crippen LogP contribution in [0.2, 0.25) is 5.02 Å². The maximum atomic E-state index is 12.4. The van der Waals surface area contributed by atoms with E-state index < -0.39 is 10.0 Å². The summed E-state index contributed by atoms with van der Waals surface area (Å²) < 4.78 is 27.4. The van der Waals surface area contributed by atoms with Crippen molar-refractivity contribution in [3.05, 3.63) is 22.7 Å². The molecule has 2 rings (SSSR count). The summed E-state index contributed by atoms with van der Waals surface area (Å²) in [6, 6.07) is 2.68. The number of rotatable bonds is 4. The molecule has 0 heterocycles. The van der Waals surface area contributed by atoms with Gasteiger partial charge >= 0.3 is 0 Å². The van der Waals surface area contributed by atoms with Crippen LogP contribution in [0.3, 0.4) is 0 Å². The summed E-state index contributed by atoms with van der Waals surface area (Å²) in [7, 11) is -3.73. The Morgan fingerprint density at radius 3 is 2.80 bits per heavy atom. The van der Waals surface area contributed by atoms with E-state index in [2.05, 4.69) is 4.72 Å². The van der Waals surface area contributed by atoms with Gasteiger partial charge in [-0.1, -0.05) is 18.0 Å². The van der Waals surface area contributed by atoms with Crippen molar-refractivity contribution < 1.29 is 13.5 Å². The number of nitrogens with two attached hydrogens (primary N) is 1. The fourth-order valence-corrected chi connectivity index (χ4v) is 4.50. The minimum absolute atomic E-state index is 0.00847. The summed E-state index contributed by atoms with van der Waals surface area (Å²) in [5.41, 5.74) is 6.88. The summed E-state index contributed by atoms with van der Waals surface area (Å²) in [6.07, 6.45) is 2.46. The highest BCUT2D eigenvalue weighted by molar-refractivity contribution is 7.89. The predicted molar refractivity (Wildman–Crippen MR) is 79.1 cm³/mol. The maximum absolute atomic E-state index is 12.4. The molecule has 0 amide bonds. The highest BCUT2D eigenvalue weighted by Gasteiger charge is 2.31. The van der Waals surface area contributed by atoms with Crippen molar-refractivity contribution in [1.29, 1.82) is 0 Å². The molecular weight excluding hydrogens is 300 g/mol. The Morgan fingerprint density at radius 2 is 2.15 bits per heavy atom. The van der Waals surface area contributed by atoms with E-state index in [-0.39, 0.29) is 28.5 Å². The zero-order valence-corrected chi connectivity index (χ0v) is 12.8. The molecule has 1 aliphatic rings. The van der Waals surface area contributed by atoms with Crippen LogP contribution in [-0.2, 0) is 10.0 Å². The summed E-state index contributed by atoms with van der Waals surface area (Å²) in [6.45, 7) is 1.75. The highest BCUT2D eigenvalue weighted by atomic mass is 35.5. The van der Waals surface area contributed by atoms with Gasteiger partial charge in [0.15, 0.2) is 0 Å². The number of anilines is 1. The number of aliphatic hydroxyl groups is 1. The lowest BCUT2D eigenvalue weighted by molar-refractivity contribution is 0.213. The van der Waals surface area contributed by atoms with Crippen molar-refractivity contribution in [1.82, 2.24) is 4.72 Å². The topological polar surface area (TPSA) is 92.4 Å². The minimum atomic E-state index is -3.73. The molecule has 1 saturated carbocycles. The molecule has 1 aliphatic carbocycles. The molecule has 0 aromatic heterocycles. The van der Waals surface area contributed by atoms with E-state index in [4.69, 9.17) is 17.3 Å². The second kappa shape index (κ2) is 5.89. The number of hydrogen-bond acceptors (Lipinski definition) is 4. The first kappa shape index (κ1) is 15.6. The van der Waals surface area contributed by atoms with E-state index in [1.807, 2.05) is 0 Å². The summed E-state index contributed by atoms with van der Waals surface area (Å²) in [4.78, 5) is -0.00847. The molecule has 2 atom stereocenters. The van der Waals surface area contributed by atoms with Crippen LogP contribution in [0.5, 0.6) is 0 Å². The van der Waals surface area contributed by atoms with E-state index in [0.29, 0.717) is 5.69 Å². The van der Waals surface area contributed by atoms with E-state index in [9.17, 15) is 13.5 Å². The van der Waals surface area contributed by atoms with Crippen LogP contribution >= 0.6 is 11.6 Å². The number of nitrogen functional groups attached to an aromatic ring is 1. The van der Waals surface area contributed by atoms with Crippen molar-refractivity contribution in [2.24, 2.45) is 5.92 Å². The number of hydrogen-bond donors (Lipinski definition) is 3. The van der Waals surface area contributed by atoms with Gasteiger partial charge in [-0.05, 0) is 43.4 Å². The van der Waals surface area contributed by atoms with Crippen molar-refractivity contribution in [3.63, 3.8) is 0 Å². The fraction of sp³-hybridized carbons (Fsp3) is 0.538. The van der Waals surface area contributed by atoms with Crippen LogP contribution in [0.15, 0.2) is 17.0 Å². The smallest absolute Gasteiger partial charge is 0.242 e.